The van der Waals surface area contributed by atoms with Crippen LogP contribution in [0.2, 0.25) is 0 Å². The number of aliphatic carboxylic acids is 1. The zero-order chi connectivity index (χ0) is 20.6. The van der Waals surface area contributed by atoms with Crippen LogP contribution in [0.15, 0.2) is 54.6 Å². The van der Waals surface area contributed by atoms with Crippen molar-refractivity contribution in [1.82, 2.24) is 0 Å². The van der Waals surface area contributed by atoms with Crippen molar-refractivity contribution < 1.29 is 24.1 Å². The zero-order valence-corrected chi connectivity index (χ0v) is 17.1. The molecule has 1 N–H and O–H groups in total. The highest BCUT2D eigenvalue weighted by Crippen LogP contribution is 2.54. The highest BCUT2D eigenvalue weighted by atomic mass is 16.5. The Labute approximate surface area is 177 Å². The fraction of sp³-hybridized carbons (Fsp3) is 0.480. The highest BCUT2D eigenvalue weighted by molar-refractivity contribution is 5.73. The van der Waals surface area contributed by atoms with Gasteiger partial charge in [0, 0.05) is 5.41 Å². The first kappa shape index (κ1) is 19.6. The van der Waals surface area contributed by atoms with E-state index in [9.17, 15) is 4.79 Å². The summed E-state index contributed by atoms with van der Waals surface area (Å²) in [6, 6.07) is 18.1. The van der Waals surface area contributed by atoms with Crippen molar-refractivity contribution in [2.24, 2.45) is 17.3 Å². The maximum absolute atomic E-state index is 11.0. The van der Waals surface area contributed by atoms with Crippen LogP contribution >= 0.6 is 0 Å². The van der Waals surface area contributed by atoms with Crippen LogP contribution in [0.1, 0.15) is 37.7 Å². The second kappa shape index (κ2) is 7.71. The number of para-hydroxylation sites is 1. The van der Waals surface area contributed by atoms with Gasteiger partial charge in [0.15, 0.2) is 0 Å². The minimum Gasteiger partial charge on any atom is -0.481 e. The van der Waals surface area contributed by atoms with Crippen LogP contribution in [-0.4, -0.2) is 30.9 Å². The molecule has 2 saturated carbocycles. The molecule has 2 aliphatic heterocycles. The molecule has 158 valence electrons. The van der Waals surface area contributed by atoms with Crippen LogP contribution in [0, 0.1) is 17.3 Å². The number of fused-ring (bicyclic) bond motifs is 3. The summed E-state index contributed by atoms with van der Waals surface area (Å²) in [5.41, 5.74) is 1.03. The monoisotopic (exact) mass is 408 g/mol. The molecule has 0 amide bonds. The van der Waals surface area contributed by atoms with Crippen LogP contribution in [0.5, 0.6) is 11.5 Å². The molecule has 6 rings (SSSR count). The van der Waals surface area contributed by atoms with Crippen LogP contribution in [-0.2, 0) is 19.9 Å². The van der Waals surface area contributed by atoms with Crippen LogP contribution < -0.4 is 4.74 Å². The number of hydrogen-bond acceptors (Lipinski definition) is 4. The Morgan fingerprint density at radius 2 is 1.80 bits per heavy atom. The van der Waals surface area contributed by atoms with E-state index in [-0.39, 0.29) is 22.9 Å². The van der Waals surface area contributed by atoms with E-state index in [1.165, 1.54) is 5.56 Å². The SMILES string of the molecule is O=C(O)C1CC1COC[C@]12CC[C@@](c3cccc(Oc4ccccc4)c3)(CC1)OC2. The van der Waals surface area contributed by atoms with Gasteiger partial charge in [-0.3, -0.25) is 4.79 Å². The summed E-state index contributed by atoms with van der Waals surface area (Å²) in [6.45, 7) is 1.93. The lowest BCUT2D eigenvalue weighted by Crippen LogP contribution is -2.51. The van der Waals surface area contributed by atoms with Gasteiger partial charge in [0.05, 0.1) is 31.3 Å². The van der Waals surface area contributed by atoms with Gasteiger partial charge in [0.2, 0.25) is 0 Å². The van der Waals surface area contributed by atoms with Crippen LogP contribution in [0.4, 0.5) is 0 Å². The average Bonchev–Trinajstić information content (AvgIpc) is 3.56. The van der Waals surface area contributed by atoms with Crippen molar-refractivity contribution in [3.05, 3.63) is 60.2 Å². The lowest BCUT2D eigenvalue weighted by molar-refractivity contribution is -0.205. The summed E-state index contributed by atoms with van der Waals surface area (Å²) < 4.78 is 18.4. The molecule has 2 bridgehead atoms. The third-order valence-corrected chi connectivity index (χ3v) is 7.09. The molecule has 2 unspecified atom stereocenters. The fourth-order valence-corrected chi connectivity index (χ4v) is 4.95. The maximum Gasteiger partial charge on any atom is 0.306 e. The average molecular weight is 408 g/mol. The molecule has 2 atom stereocenters. The molecule has 2 aliphatic carbocycles. The molecule has 5 heteroatoms. The summed E-state index contributed by atoms with van der Waals surface area (Å²) >= 11 is 0. The molecule has 5 nitrogen and oxygen atoms in total. The lowest BCUT2D eigenvalue weighted by Gasteiger charge is -2.53. The smallest absolute Gasteiger partial charge is 0.306 e. The molecule has 4 fully saturated rings. The normalized spacial score (nSPS) is 32.0. The first-order valence-corrected chi connectivity index (χ1v) is 10.9. The summed E-state index contributed by atoms with van der Waals surface area (Å²) in [4.78, 5) is 11.0. The number of benzene rings is 2. The van der Waals surface area contributed by atoms with Crippen molar-refractivity contribution in [3.63, 3.8) is 0 Å². The van der Waals surface area contributed by atoms with Gasteiger partial charge in [-0.05, 0) is 67.9 Å². The van der Waals surface area contributed by atoms with E-state index in [4.69, 9.17) is 19.3 Å². The first-order valence-electron chi connectivity index (χ1n) is 10.9. The van der Waals surface area contributed by atoms with Gasteiger partial charge in [-0.1, -0.05) is 30.3 Å². The van der Waals surface area contributed by atoms with E-state index in [2.05, 4.69) is 12.1 Å². The van der Waals surface area contributed by atoms with E-state index in [0.29, 0.717) is 19.8 Å². The Bertz CT molecular complexity index is 884. The molecular formula is C25H28O5. The van der Waals surface area contributed by atoms with Crippen molar-refractivity contribution in [3.8, 4) is 11.5 Å². The van der Waals surface area contributed by atoms with E-state index in [0.717, 1.165) is 43.6 Å². The minimum atomic E-state index is -0.691. The molecular weight excluding hydrogens is 380 g/mol. The van der Waals surface area contributed by atoms with Gasteiger partial charge >= 0.3 is 5.97 Å². The van der Waals surface area contributed by atoms with Crippen molar-refractivity contribution in [2.75, 3.05) is 19.8 Å². The molecule has 2 aromatic carbocycles. The van der Waals surface area contributed by atoms with Gasteiger partial charge in [-0.25, -0.2) is 0 Å². The summed E-state index contributed by atoms with van der Waals surface area (Å²) in [6.07, 6.45) is 4.86. The second-order valence-corrected chi connectivity index (χ2v) is 9.18. The number of carboxylic acid groups (broad SMARTS) is 1. The number of carboxylic acids is 1. The van der Waals surface area contributed by atoms with Gasteiger partial charge in [-0.2, -0.15) is 0 Å². The Hall–Kier alpha value is -2.37. The predicted molar refractivity (Wildman–Crippen MR) is 112 cm³/mol. The number of rotatable bonds is 8. The molecule has 2 heterocycles. The summed E-state index contributed by atoms with van der Waals surface area (Å²) in [5.74, 6) is 0.966. The standard InChI is InChI=1S/C25H28O5/c26-23(27)22-13-18(22)15-28-16-24-9-11-25(12-10-24,29-17-24)19-5-4-8-21(14-19)30-20-6-2-1-3-7-20/h1-8,14,18,22H,9-13,15-17H2,(H,26,27)/t18?,22?,24-,25-. The fourth-order valence-electron chi connectivity index (χ4n) is 4.95. The third-order valence-electron chi connectivity index (χ3n) is 7.09. The Balaban J connectivity index is 1.19. The van der Waals surface area contributed by atoms with Crippen molar-refractivity contribution in [2.45, 2.75) is 37.7 Å². The third kappa shape index (κ3) is 3.84. The van der Waals surface area contributed by atoms with Gasteiger partial charge < -0.3 is 19.3 Å². The van der Waals surface area contributed by atoms with E-state index >= 15 is 0 Å². The largest absolute Gasteiger partial charge is 0.481 e. The van der Waals surface area contributed by atoms with Gasteiger partial charge in [0.1, 0.15) is 11.5 Å². The Morgan fingerprint density at radius 1 is 1.03 bits per heavy atom. The minimum absolute atomic E-state index is 0.0769. The van der Waals surface area contributed by atoms with Crippen molar-refractivity contribution >= 4 is 5.97 Å². The summed E-state index contributed by atoms with van der Waals surface area (Å²) in [7, 11) is 0. The molecule has 0 radical (unpaired) electrons. The highest BCUT2D eigenvalue weighted by Gasteiger charge is 2.51. The molecule has 30 heavy (non-hydrogen) atoms. The van der Waals surface area contributed by atoms with Gasteiger partial charge in [-0.15, -0.1) is 0 Å². The Morgan fingerprint density at radius 3 is 2.47 bits per heavy atom. The second-order valence-electron chi connectivity index (χ2n) is 9.18. The molecule has 2 aromatic rings. The quantitative estimate of drug-likeness (QED) is 0.666. The summed E-state index contributed by atoms with van der Waals surface area (Å²) in [5, 5.41) is 9.03. The zero-order valence-electron chi connectivity index (χ0n) is 17.1. The topological polar surface area (TPSA) is 65.0 Å². The maximum atomic E-state index is 11.0. The predicted octanol–water partition coefficient (Wildman–Crippen LogP) is 5.00. The lowest BCUT2D eigenvalue weighted by atomic mass is 9.64. The van der Waals surface area contributed by atoms with Gasteiger partial charge in [0.25, 0.3) is 0 Å². The molecule has 4 aliphatic rings. The number of carbonyl (C=O) groups is 1. The van der Waals surface area contributed by atoms with Crippen LogP contribution in [0.3, 0.4) is 0 Å². The first-order chi connectivity index (χ1) is 14.6. The molecule has 0 spiro atoms. The van der Waals surface area contributed by atoms with Crippen LogP contribution in [0.25, 0.3) is 0 Å². The van der Waals surface area contributed by atoms with Crippen molar-refractivity contribution in [1.29, 1.82) is 0 Å². The molecule has 2 saturated heterocycles. The Kier molecular flexibility index (Phi) is 5.03. The number of hydrogen-bond donors (Lipinski definition) is 1. The van der Waals surface area contributed by atoms with E-state index < -0.39 is 5.97 Å². The number of ether oxygens (including phenoxy) is 3. The van der Waals surface area contributed by atoms with E-state index in [1.807, 2.05) is 42.5 Å². The molecule has 0 aromatic heterocycles. The van der Waals surface area contributed by atoms with E-state index in [1.54, 1.807) is 0 Å².